The standard InChI is InChI=1S/4C2H3N.Cu/c4*1-2-3;/h4*1H3;. The predicted octanol–water partition coefficient (Wildman–Crippen LogP) is 2.12. The zero-order chi connectivity index (χ0) is 10.8. The van der Waals surface area contributed by atoms with Gasteiger partial charge >= 0.3 is 0 Å². The molecular formula is C8H12CuN4. The zero-order valence-corrected chi connectivity index (χ0v) is 9.03. The minimum atomic E-state index is 0. The van der Waals surface area contributed by atoms with Gasteiger partial charge in [-0.05, 0) is 0 Å². The average molecular weight is 228 g/mol. The van der Waals surface area contributed by atoms with Crippen LogP contribution in [-0.2, 0) is 17.1 Å². The van der Waals surface area contributed by atoms with Crippen molar-refractivity contribution in [2.45, 2.75) is 27.7 Å². The third-order valence-corrected chi connectivity index (χ3v) is 0. The number of nitriles is 4. The van der Waals surface area contributed by atoms with Crippen molar-refractivity contribution in [3.63, 3.8) is 0 Å². The molecule has 0 saturated carbocycles. The predicted molar refractivity (Wildman–Crippen MR) is 45.1 cm³/mol. The van der Waals surface area contributed by atoms with Crippen molar-refractivity contribution in [2.75, 3.05) is 0 Å². The van der Waals surface area contributed by atoms with E-state index in [-0.39, 0.29) is 17.1 Å². The molecule has 13 heavy (non-hydrogen) atoms. The third kappa shape index (κ3) is 326. The molecule has 0 rings (SSSR count). The van der Waals surface area contributed by atoms with Gasteiger partial charge in [-0.15, -0.1) is 0 Å². The first-order valence-electron chi connectivity index (χ1n) is 2.89. The van der Waals surface area contributed by atoms with Crippen molar-refractivity contribution < 1.29 is 17.1 Å². The first kappa shape index (κ1) is 30.0. The summed E-state index contributed by atoms with van der Waals surface area (Å²) < 4.78 is 0. The molecule has 5 heteroatoms. The van der Waals surface area contributed by atoms with Crippen molar-refractivity contribution in [1.29, 1.82) is 21.0 Å². The van der Waals surface area contributed by atoms with Gasteiger partial charge in [0.2, 0.25) is 0 Å². The summed E-state index contributed by atoms with van der Waals surface area (Å²) in [5.41, 5.74) is 0. The zero-order valence-electron chi connectivity index (χ0n) is 8.09. The Morgan fingerprint density at radius 2 is 0.538 bits per heavy atom. The summed E-state index contributed by atoms with van der Waals surface area (Å²) in [4.78, 5) is 0. The van der Waals surface area contributed by atoms with E-state index < -0.39 is 0 Å². The molecule has 1 radical (unpaired) electrons. The fourth-order valence-electron chi connectivity index (χ4n) is 0. The van der Waals surface area contributed by atoms with E-state index in [1.165, 1.54) is 27.7 Å². The van der Waals surface area contributed by atoms with Gasteiger partial charge in [-0.2, -0.15) is 21.0 Å². The maximum atomic E-state index is 7.32. The average Bonchev–Trinajstić information content (AvgIpc) is 1.92. The van der Waals surface area contributed by atoms with Gasteiger partial charge in [0.25, 0.3) is 0 Å². The van der Waals surface area contributed by atoms with Crippen LogP contribution in [0.3, 0.4) is 0 Å². The Morgan fingerprint density at radius 3 is 0.538 bits per heavy atom. The molecule has 4 nitrogen and oxygen atoms in total. The smallest absolute Gasteiger partial charge is 0.0587 e. The van der Waals surface area contributed by atoms with Crippen LogP contribution in [0.4, 0.5) is 0 Å². The molecule has 0 aromatic rings. The molecule has 0 N–H and O–H groups in total. The van der Waals surface area contributed by atoms with Crippen LogP contribution in [0.25, 0.3) is 0 Å². The molecule has 0 aliphatic rings. The van der Waals surface area contributed by atoms with Crippen LogP contribution in [0, 0.1) is 45.3 Å². The maximum Gasteiger partial charge on any atom is 0.0587 e. The minimum Gasteiger partial charge on any atom is -0.199 e. The summed E-state index contributed by atoms with van der Waals surface area (Å²) in [7, 11) is 0. The Labute approximate surface area is 90.5 Å². The van der Waals surface area contributed by atoms with Gasteiger partial charge in [-0.25, -0.2) is 0 Å². The number of nitrogens with zero attached hydrogens (tertiary/aromatic N) is 4. The van der Waals surface area contributed by atoms with Gasteiger partial charge < -0.3 is 0 Å². The van der Waals surface area contributed by atoms with Gasteiger partial charge in [0.15, 0.2) is 0 Å². The van der Waals surface area contributed by atoms with Crippen molar-refractivity contribution in [3.8, 4) is 24.3 Å². The summed E-state index contributed by atoms with van der Waals surface area (Å²) in [6, 6.07) is 7.00. The van der Waals surface area contributed by atoms with Crippen LogP contribution >= 0.6 is 0 Å². The Morgan fingerprint density at radius 1 is 0.538 bits per heavy atom. The molecule has 0 unspecified atom stereocenters. The first-order valence-corrected chi connectivity index (χ1v) is 2.89. The summed E-state index contributed by atoms with van der Waals surface area (Å²) in [6.07, 6.45) is 0. The van der Waals surface area contributed by atoms with E-state index >= 15 is 0 Å². The molecule has 0 aliphatic heterocycles. The van der Waals surface area contributed by atoms with E-state index in [1.807, 2.05) is 0 Å². The monoisotopic (exact) mass is 227 g/mol. The fourth-order valence-corrected chi connectivity index (χ4v) is 0. The van der Waals surface area contributed by atoms with Crippen molar-refractivity contribution in [3.05, 3.63) is 0 Å². The van der Waals surface area contributed by atoms with Crippen molar-refractivity contribution in [1.82, 2.24) is 0 Å². The molecule has 0 fully saturated rings. The molecule has 0 aromatic carbocycles. The van der Waals surface area contributed by atoms with Crippen molar-refractivity contribution >= 4 is 0 Å². The van der Waals surface area contributed by atoms with Crippen LogP contribution in [0.1, 0.15) is 27.7 Å². The van der Waals surface area contributed by atoms with Gasteiger partial charge in [-0.1, -0.05) is 0 Å². The molecule has 0 spiro atoms. The van der Waals surface area contributed by atoms with Crippen LogP contribution < -0.4 is 0 Å². The van der Waals surface area contributed by atoms with E-state index in [2.05, 4.69) is 0 Å². The molecule has 0 aliphatic carbocycles. The number of hydrogen-bond acceptors (Lipinski definition) is 4. The van der Waals surface area contributed by atoms with Crippen LogP contribution in [0.15, 0.2) is 0 Å². The minimum absolute atomic E-state index is 0. The van der Waals surface area contributed by atoms with E-state index in [9.17, 15) is 0 Å². The summed E-state index contributed by atoms with van der Waals surface area (Å²) in [5, 5.41) is 29.3. The molecule has 0 amide bonds. The molecule has 0 heterocycles. The Kier molecular flexibility index (Phi) is 354. The van der Waals surface area contributed by atoms with Gasteiger partial charge in [0, 0.05) is 44.8 Å². The Hall–Kier alpha value is -1.52. The topological polar surface area (TPSA) is 95.2 Å². The molecule has 0 atom stereocenters. The van der Waals surface area contributed by atoms with Gasteiger partial charge in [0.05, 0.1) is 24.3 Å². The largest absolute Gasteiger partial charge is 0.199 e. The quantitative estimate of drug-likeness (QED) is 0.592. The van der Waals surface area contributed by atoms with E-state index in [0.29, 0.717) is 0 Å². The van der Waals surface area contributed by atoms with E-state index in [1.54, 1.807) is 24.3 Å². The second-order valence-electron chi connectivity index (χ2n) is 0.894. The Bertz CT molecular complexity index is 150. The van der Waals surface area contributed by atoms with E-state index in [0.717, 1.165) is 0 Å². The molecular weight excluding hydrogens is 216 g/mol. The summed E-state index contributed by atoms with van der Waals surface area (Å²) >= 11 is 0. The van der Waals surface area contributed by atoms with Gasteiger partial charge in [0.1, 0.15) is 0 Å². The molecule has 0 bridgehead atoms. The molecule has 0 aromatic heterocycles. The van der Waals surface area contributed by atoms with Crippen LogP contribution in [-0.4, -0.2) is 0 Å². The molecule has 0 saturated heterocycles. The summed E-state index contributed by atoms with van der Waals surface area (Å²) in [5.74, 6) is 0. The van der Waals surface area contributed by atoms with Crippen molar-refractivity contribution in [2.24, 2.45) is 0 Å². The number of rotatable bonds is 0. The van der Waals surface area contributed by atoms with Crippen LogP contribution in [0.5, 0.6) is 0 Å². The second-order valence-corrected chi connectivity index (χ2v) is 0.894. The van der Waals surface area contributed by atoms with Crippen LogP contribution in [0.2, 0.25) is 0 Å². The number of hydrogen-bond donors (Lipinski definition) is 0. The SMILES string of the molecule is CC#N.CC#N.CC#N.CC#N.[Cu]. The van der Waals surface area contributed by atoms with Gasteiger partial charge in [-0.3, -0.25) is 0 Å². The molecule has 75 valence electrons. The fraction of sp³-hybridized carbons (Fsp3) is 0.500. The third-order valence-electron chi connectivity index (χ3n) is 0. The van der Waals surface area contributed by atoms with E-state index in [4.69, 9.17) is 21.0 Å². The second kappa shape index (κ2) is 153. The first-order chi connectivity index (χ1) is 5.66. The normalized spacial score (nSPS) is 2.46. The maximum absolute atomic E-state index is 7.32. The summed E-state index contributed by atoms with van der Waals surface area (Å²) in [6.45, 7) is 5.72. The Balaban J connectivity index is -0.0000000213.